The van der Waals surface area contributed by atoms with Crippen LogP contribution in [0.15, 0.2) is 63.8 Å². The first kappa shape index (κ1) is 32.3. The van der Waals surface area contributed by atoms with Crippen LogP contribution in [-0.2, 0) is 9.53 Å². The van der Waals surface area contributed by atoms with Crippen molar-refractivity contribution in [3.05, 3.63) is 69.9 Å². The number of nitrogens with zero attached hydrogens (tertiary/aromatic N) is 1. The first-order valence-electron chi connectivity index (χ1n) is 13.1. The summed E-state index contributed by atoms with van der Waals surface area (Å²) in [6.07, 6.45) is 2.01. The Kier molecular flexibility index (Phi) is 12.1. The van der Waals surface area contributed by atoms with Gasteiger partial charge in [-0.1, -0.05) is 18.7 Å². The van der Waals surface area contributed by atoms with Gasteiger partial charge in [-0.2, -0.15) is 5.10 Å². The van der Waals surface area contributed by atoms with Crippen molar-refractivity contribution >= 4 is 34.1 Å². The van der Waals surface area contributed by atoms with Crippen LogP contribution < -0.4 is 35.0 Å². The molecule has 13 heteroatoms. The number of halogens is 1. The van der Waals surface area contributed by atoms with E-state index in [1.54, 1.807) is 43.3 Å². The Morgan fingerprint density at radius 3 is 2.57 bits per heavy atom. The predicted octanol–water partition coefficient (Wildman–Crippen LogP) is 3.93. The highest BCUT2D eigenvalue weighted by atomic mass is 79.9. The predicted molar refractivity (Wildman–Crippen MR) is 160 cm³/mol. The molecule has 1 aliphatic rings. The van der Waals surface area contributed by atoms with E-state index in [4.69, 9.17) is 23.7 Å². The molecule has 2 amide bonds. The van der Waals surface area contributed by atoms with Crippen molar-refractivity contribution in [1.82, 2.24) is 16.1 Å². The number of hydrogen-bond acceptors (Lipinski definition) is 10. The highest BCUT2D eigenvalue weighted by Gasteiger charge is 2.32. The molecule has 12 nitrogen and oxygen atoms in total. The molecule has 42 heavy (non-hydrogen) atoms. The summed E-state index contributed by atoms with van der Waals surface area (Å²) in [5.41, 5.74) is 4.56. The molecule has 0 spiro atoms. The van der Waals surface area contributed by atoms with Gasteiger partial charge in [0.1, 0.15) is 13.2 Å². The average Bonchev–Trinajstić information content (AvgIpc) is 2.95. The third-order valence-corrected chi connectivity index (χ3v) is 6.38. The van der Waals surface area contributed by atoms with Gasteiger partial charge in [0.05, 0.1) is 42.6 Å². The number of carbonyl (C=O) groups excluding carboxylic acids is 2. The molecule has 0 saturated carbocycles. The summed E-state index contributed by atoms with van der Waals surface area (Å²) in [6.45, 7) is 9.92. The number of aliphatic hydroxyl groups excluding tert-OH is 1. The van der Waals surface area contributed by atoms with Crippen LogP contribution in [0.5, 0.6) is 23.0 Å². The van der Waals surface area contributed by atoms with Gasteiger partial charge in [0, 0.05) is 5.70 Å². The molecule has 1 aliphatic heterocycles. The molecule has 4 N–H and O–H groups in total. The summed E-state index contributed by atoms with van der Waals surface area (Å²) in [4.78, 5) is 24.6. The summed E-state index contributed by atoms with van der Waals surface area (Å²) in [5.74, 6) is 1.25. The summed E-state index contributed by atoms with van der Waals surface area (Å²) in [5, 5.41) is 19.8. The number of nitrogens with one attached hydrogen (secondary N) is 3. The van der Waals surface area contributed by atoms with E-state index in [-0.39, 0.29) is 12.2 Å². The fraction of sp³-hybridized carbons (Fsp3) is 0.345. The van der Waals surface area contributed by atoms with E-state index in [0.717, 1.165) is 0 Å². The lowest BCUT2D eigenvalue weighted by molar-refractivity contribution is -0.136. The molecule has 2 atom stereocenters. The molecule has 0 aromatic heterocycles. The minimum atomic E-state index is -1.15. The smallest absolute Gasteiger partial charge is 0.337 e. The highest BCUT2D eigenvalue weighted by Crippen LogP contribution is 2.37. The Balaban J connectivity index is 1.69. The van der Waals surface area contributed by atoms with Crippen LogP contribution in [-0.4, -0.2) is 63.1 Å². The number of esters is 1. The van der Waals surface area contributed by atoms with Crippen LogP contribution in [0, 0.1) is 0 Å². The molecule has 0 unspecified atom stereocenters. The fourth-order valence-corrected chi connectivity index (χ4v) is 4.60. The molecule has 1 heterocycles. The van der Waals surface area contributed by atoms with Crippen molar-refractivity contribution in [2.24, 2.45) is 5.10 Å². The number of allylic oxidation sites excluding steroid dienone is 1. The Morgan fingerprint density at radius 2 is 1.88 bits per heavy atom. The Labute approximate surface area is 252 Å². The number of benzene rings is 2. The van der Waals surface area contributed by atoms with Crippen molar-refractivity contribution < 1.29 is 38.4 Å². The number of urea groups is 1. The molecule has 3 rings (SSSR count). The third-order valence-electron chi connectivity index (χ3n) is 5.79. The second-order valence-electron chi connectivity index (χ2n) is 8.78. The van der Waals surface area contributed by atoms with Crippen LogP contribution in [0.25, 0.3) is 0 Å². The minimum absolute atomic E-state index is 0.157. The van der Waals surface area contributed by atoms with E-state index in [1.165, 1.54) is 13.3 Å². The first-order valence-corrected chi connectivity index (χ1v) is 13.9. The first-order chi connectivity index (χ1) is 20.2. The number of carbonyl (C=O) groups is 2. The van der Waals surface area contributed by atoms with E-state index in [0.29, 0.717) is 64.1 Å². The maximum atomic E-state index is 12.4. The number of amides is 2. The zero-order valence-electron chi connectivity index (χ0n) is 23.9. The van der Waals surface area contributed by atoms with Gasteiger partial charge in [0.2, 0.25) is 0 Å². The summed E-state index contributed by atoms with van der Waals surface area (Å²) >= 11 is 3.49. The number of hydrazone groups is 1. The van der Waals surface area contributed by atoms with Crippen LogP contribution in [0.2, 0.25) is 0 Å². The number of rotatable bonds is 15. The maximum absolute atomic E-state index is 12.4. The second kappa shape index (κ2) is 15.7. The van der Waals surface area contributed by atoms with Crippen LogP contribution in [0.3, 0.4) is 0 Å². The van der Waals surface area contributed by atoms with Gasteiger partial charge in [0.25, 0.3) is 0 Å². The van der Waals surface area contributed by atoms with Crippen LogP contribution in [0.4, 0.5) is 4.79 Å². The van der Waals surface area contributed by atoms with E-state index in [9.17, 15) is 14.7 Å². The summed E-state index contributed by atoms with van der Waals surface area (Å²) < 4.78 is 28.5. The van der Waals surface area contributed by atoms with Crippen LogP contribution >= 0.6 is 15.9 Å². The molecule has 226 valence electrons. The van der Waals surface area contributed by atoms with E-state index < -0.39 is 24.3 Å². The van der Waals surface area contributed by atoms with Gasteiger partial charge in [0.15, 0.2) is 29.2 Å². The molecule has 2 aromatic rings. The third kappa shape index (κ3) is 8.40. The van der Waals surface area contributed by atoms with Gasteiger partial charge in [-0.3, -0.25) is 5.43 Å². The molecule has 0 bridgehead atoms. The van der Waals surface area contributed by atoms with E-state index in [2.05, 4.69) is 43.7 Å². The van der Waals surface area contributed by atoms with E-state index in [1.807, 2.05) is 13.8 Å². The molecule has 0 saturated heterocycles. The normalized spacial score (nSPS) is 15.4. The zero-order valence-corrected chi connectivity index (χ0v) is 25.4. The zero-order chi connectivity index (χ0) is 30.6. The largest absolute Gasteiger partial charge is 0.490 e. The average molecular weight is 648 g/mol. The Morgan fingerprint density at radius 1 is 1.14 bits per heavy atom. The monoisotopic (exact) mass is 646 g/mol. The van der Waals surface area contributed by atoms with Crippen molar-refractivity contribution in [1.29, 1.82) is 0 Å². The molecule has 0 fully saturated rings. The van der Waals surface area contributed by atoms with Gasteiger partial charge < -0.3 is 39.4 Å². The number of hydrogen-bond donors (Lipinski definition) is 4. The topological polar surface area (TPSA) is 149 Å². The second-order valence-corrected chi connectivity index (χ2v) is 9.63. The Bertz CT molecular complexity index is 1350. The molecular formula is C29H35BrN4O8. The lowest BCUT2D eigenvalue weighted by Crippen LogP contribution is -2.45. The summed E-state index contributed by atoms with van der Waals surface area (Å²) in [7, 11) is 1.27. The number of methoxy groups -OCH3 is 1. The van der Waals surface area contributed by atoms with Gasteiger partial charge in [-0.25, -0.2) is 9.59 Å². The van der Waals surface area contributed by atoms with Crippen molar-refractivity contribution in [2.75, 3.05) is 33.5 Å². The SMILES string of the molecule is C=CCOc1c(Br)cc(/C=N/N[C@H](O)COc2ccc([C@@H]3NC(=O)NC(C)=C3C(=O)OC)cc2OCC)cc1OCC. The van der Waals surface area contributed by atoms with Crippen molar-refractivity contribution in [3.63, 3.8) is 0 Å². The highest BCUT2D eigenvalue weighted by molar-refractivity contribution is 9.10. The van der Waals surface area contributed by atoms with Gasteiger partial charge in [-0.15, -0.1) is 0 Å². The van der Waals surface area contributed by atoms with E-state index >= 15 is 0 Å². The number of aliphatic hydroxyl groups is 1. The Hall–Kier alpha value is -4.23. The lowest BCUT2D eigenvalue weighted by Gasteiger charge is -2.28. The molecular weight excluding hydrogens is 612 g/mol. The van der Waals surface area contributed by atoms with Crippen molar-refractivity contribution in [2.45, 2.75) is 33.0 Å². The molecule has 2 aromatic carbocycles. The van der Waals surface area contributed by atoms with Crippen molar-refractivity contribution in [3.8, 4) is 23.0 Å². The van der Waals surface area contributed by atoms with Gasteiger partial charge in [-0.05, 0) is 72.1 Å². The lowest BCUT2D eigenvalue weighted by atomic mass is 9.95. The number of ether oxygens (including phenoxy) is 5. The maximum Gasteiger partial charge on any atom is 0.337 e. The molecule has 0 aliphatic carbocycles. The molecule has 0 radical (unpaired) electrons. The fourth-order valence-electron chi connectivity index (χ4n) is 4.03. The standard InChI is InChI=1S/C29H35BrN4O8/c1-6-11-41-27-20(30)12-18(13-23(27)40-8-3)15-31-34-24(35)16-42-21-10-9-19(14-22(21)39-7-2)26-25(28(36)38-5)17(4)32-29(37)33-26/h6,9-10,12-15,24,26,34-35H,1,7-8,11,16H2,2-5H3,(H2,32,33,37)/b31-15+/t24-,26+/m1/s1. The minimum Gasteiger partial charge on any atom is -0.490 e. The quantitative estimate of drug-likeness (QED) is 0.0742. The van der Waals surface area contributed by atoms with Crippen LogP contribution in [0.1, 0.15) is 37.9 Å². The van der Waals surface area contributed by atoms with Gasteiger partial charge >= 0.3 is 12.0 Å². The summed E-state index contributed by atoms with van der Waals surface area (Å²) in [6, 6.07) is 7.36.